The van der Waals surface area contributed by atoms with Gasteiger partial charge in [0.1, 0.15) is 0 Å². The third-order valence-corrected chi connectivity index (χ3v) is 2.53. The Hall–Kier alpha value is -1.59. The number of anilines is 1. The highest BCUT2D eigenvalue weighted by molar-refractivity contribution is 6.34. The van der Waals surface area contributed by atoms with Gasteiger partial charge in [0.2, 0.25) is 5.91 Å². The molecular formula is C12H15ClN2O3. The third-order valence-electron chi connectivity index (χ3n) is 2.22. The van der Waals surface area contributed by atoms with Crippen LogP contribution in [0.25, 0.3) is 0 Å². The maximum Gasteiger partial charge on any atom is 0.339 e. The number of hydrogen-bond acceptors (Lipinski definition) is 4. The van der Waals surface area contributed by atoms with Crippen LogP contribution in [-0.4, -0.2) is 24.5 Å². The number of esters is 1. The predicted molar refractivity (Wildman–Crippen MR) is 69.7 cm³/mol. The van der Waals surface area contributed by atoms with Crippen LogP contribution >= 0.6 is 11.6 Å². The Kier molecular flexibility index (Phi) is 4.32. The van der Waals surface area contributed by atoms with Crippen LogP contribution in [0.15, 0.2) is 18.2 Å². The molecule has 0 atom stereocenters. The molecule has 18 heavy (non-hydrogen) atoms. The molecule has 0 aliphatic carbocycles. The number of halogens is 1. The lowest BCUT2D eigenvalue weighted by Crippen LogP contribution is -2.45. The van der Waals surface area contributed by atoms with Crippen molar-refractivity contribution >= 4 is 29.2 Å². The van der Waals surface area contributed by atoms with Crippen molar-refractivity contribution in [2.75, 3.05) is 12.4 Å². The second-order valence-corrected chi connectivity index (χ2v) is 4.77. The monoisotopic (exact) mass is 270 g/mol. The molecule has 0 saturated carbocycles. The average molecular weight is 271 g/mol. The van der Waals surface area contributed by atoms with Crippen molar-refractivity contribution < 1.29 is 14.3 Å². The molecule has 0 fully saturated rings. The molecular weight excluding hydrogens is 256 g/mol. The second-order valence-electron chi connectivity index (χ2n) is 4.36. The fourth-order valence-electron chi connectivity index (χ4n) is 1.16. The standard InChI is InChI=1S/C12H15ClN2O3/c1-12(2,14)11(17)15-7-4-5-8(9(13)6-7)10(16)18-3/h4-6H,14H2,1-3H3,(H,15,17). The van der Waals surface area contributed by atoms with E-state index in [1.54, 1.807) is 19.9 Å². The maximum atomic E-state index is 11.6. The van der Waals surface area contributed by atoms with E-state index < -0.39 is 11.5 Å². The van der Waals surface area contributed by atoms with Crippen LogP contribution in [0.2, 0.25) is 5.02 Å². The molecule has 0 heterocycles. The lowest BCUT2D eigenvalue weighted by atomic mass is 10.1. The SMILES string of the molecule is COC(=O)c1ccc(NC(=O)C(C)(C)N)cc1Cl. The Morgan fingerprint density at radius 3 is 2.44 bits per heavy atom. The zero-order valence-electron chi connectivity index (χ0n) is 10.4. The van der Waals surface area contributed by atoms with Crippen molar-refractivity contribution in [1.29, 1.82) is 0 Å². The van der Waals surface area contributed by atoms with Crippen LogP contribution in [0.4, 0.5) is 5.69 Å². The number of ether oxygens (including phenoxy) is 1. The zero-order chi connectivity index (χ0) is 13.9. The molecule has 0 saturated heterocycles. The fraction of sp³-hybridized carbons (Fsp3) is 0.333. The minimum Gasteiger partial charge on any atom is -0.465 e. The van der Waals surface area contributed by atoms with Crippen LogP contribution in [0.1, 0.15) is 24.2 Å². The van der Waals surface area contributed by atoms with E-state index in [2.05, 4.69) is 10.1 Å². The minimum absolute atomic E-state index is 0.203. The Morgan fingerprint density at radius 2 is 2.00 bits per heavy atom. The van der Waals surface area contributed by atoms with Gasteiger partial charge in [0.25, 0.3) is 0 Å². The molecule has 3 N–H and O–H groups in total. The summed E-state index contributed by atoms with van der Waals surface area (Å²) in [6, 6.07) is 4.51. The van der Waals surface area contributed by atoms with Gasteiger partial charge in [-0.05, 0) is 32.0 Å². The van der Waals surface area contributed by atoms with Gasteiger partial charge in [0, 0.05) is 5.69 Å². The molecule has 0 aliphatic heterocycles. The van der Waals surface area contributed by atoms with Crippen molar-refractivity contribution in [3.05, 3.63) is 28.8 Å². The molecule has 5 nitrogen and oxygen atoms in total. The van der Waals surface area contributed by atoms with Crippen molar-refractivity contribution in [3.63, 3.8) is 0 Å². The zero-order valence-corrected chi connectivity index (χ0v) is 11.2. The lowest BCUT2D eigenvalue weighted by molar-refractivity contribution is -0.120. The van der Waals surface area contributed by atoms with Crippen LogP contribution in [-0.2, 0) is 9.53 Å². The first-order chi connectivity index (χ1) is 8.25. The Bertz CT molecular complexity index is 481. The lowest BCUT2D eigenvalue weighted by Gasteiger charge is -2.18. The molecule has 1 rings (SSSR count). The summed E-state index contributed by atoms with van der Waals surface area (Å²) in [7, 11) is 1.27. The van der Waals surface area contributed by atoms with Crippen molar-refractivity contribution in [2.45, 2.75) is 19.4 Å². The van der Waals surface area contributed by atoms with Gasteiger partial charge >= 0.3 is 5.97 Å². The number of rotatable bonds is 3. The van der Waals surface area contributed by atoms with Gasteiger partial charge in [0.05, 0.1) is 23.2 Å². The predicted octanol–water partition coefficient (Wildman–Crippen LogP) is 1.80. The average Bonchev–Trinajstić information content (AvgIpc) is 2.27. The number of benzene rings is 1. The number of methoxy groups -OCH3 is 1. The summed E-state index contributed by atoms with van der Waals surface area (Å²) >= 11 is 5.92. The molecule has 98 valence electrons. The molecule has 0 spiro atoms. The molecule has 0 bridgehead atoms. The van der Waals surface area contributed by atoms with Crippen molar-refractivity contribution in [1.82, 2.24) is 0 Å². The van der Waals surface area contributed by atoms with Gasteiger partial charge in [-0.1, -0.05) is 11.6 Å². The largest absolute Gasteiger partial charge is 0.465 e. The molecule has 0 aromatic heterocycles. The first-order valence-electron chi connectivity index (χ1n) is 5.24. The van der Waals surface area contributed by atoms with Gasteiger partial charge in [-0.2, -0.15) is 0 Å². The van der Waals surface area contributed by atoms with E-state index in [0.29, 0.717) is 5.69 Å². The molecule has 0 radical (unpaired) electrons. The third kappa shape index (κ3) is 3.45. The van der Waals surface area contributed by atoms with Gasteiger partial charge in [0.15, 0.2) is 0 Å². The highest BCUT2D eigenvalue weighted by Crippen LogP contribution is 2.22. The summed E-state index contributed by atoms with van der Waals surface area (Å²) in [6.07, 6.45) is 0. The number of amides is 1. The van der Waals surface area contributed by atoms with Gasteiger partial charge < -0.3 is 15.8 Å². The van der Waals surface area contributed by atoms with Crippen LogP contribution < -0.4 is 11.1 Å². The molecule has 0 unspecified atom stereocenters. The summed E-state index contributed by atoms with van der Waals surface area (Å²) in [5.74, 6) is -0.874. The topological polar surface area (TPSA) is 81.4 Å². The van der Waals surface area contributed by atoms with E-state index in [1.807, 2.05) is 0 Å². The van der Waals surface area contributed by atoms with E-state index in [0.717, 1.165) is 0 Å². The van der Waals surface area contributed by atoms with E-state index in [-0.39, 0.29) is 16.5 Å². The summed E-state index contributed by atoms with van der Waals surface area (Å²) in [5.41, 5.74) is 5.36. The number of nitrogens with two attached hydrogens (primary N) is 1. The second kappa shape index (κ2) is 5.37. The Labute approximate surface area is 110 Å². The smallest absolute Gasteiger partial charge is 0.339 e. The Morgan fingerprint density at radius 1 is 1.39 bits per heavy atom. The summed E-state index contributed by atoms with van der Waals surface area (Å²) < 4.78 is 4.56. The molecule has 6 heteroatoms. The molecule has 1 aromatic rings. The first kappa shape index (κ1) is 14.5. The van der Waals surface area contributed by atoms with Gasteiger partial charge in [-0.3, -0.25) is 4.79 Å². The first-order valence-corrected chi connectivity index (χ1v) is 5.61. The molecule has 1 amide bonds. The van der Waals surface area contributed by atoms with Gasteiger partial charge in [-0.25, -0.2) is 4.79 Å². The highest BCUT2D eigenvalue weighted by Gasteiger charge is 2.22. The van der Waals surface area contributed by atoms with Crippen LogP contribution in [0.5, 0.6) is 0 Å². The minimum atomic E-state index is -0.993. The van der Waals surface area contributed by atoms with E-state index in [9.17, 15) is 9.59 Å². The quantitative estimate of drug-likeness (QED) is 0.821. The summed E-state index contributed by atoms with van der Waals surface area (Å²) in [6.45, 7) is 3.18. The normalized spacial score (nSPS) is 10.9. The number of hydrogen-bond donors (Lipinski definition) is 2. The van der Waals surface area contributed by atoms with Crippen LogP contribution in [0.3, 0.4) is 0 Å². The van der Waals surface area contributed by atoms with E-state index in [4.69, 9.17) is 17.3 Å². The summed E-state index contributed by atoms with van der Waals surface area (Å²) in [5, 5.41) is 2.81. The number of carbonyl (C=O) groups is 2. The van der Waals surface area contributed by atoms with Crippen LogP contribution in [0, 0.1) is 0 Å². The van der Waals surface area contributed by atoms with Gasteiger partial charge in [-0.15, -0.1) is 0 Å². The molecule has 0 aliphatic rings. The van der Waals surface area contributed by atoms with Crippen molar-refractivity contribution in [3.8, 4) is 0 Å². The summed E-state index contributed by atoms with van der Waals surface area (Å²) in [4.78, 5) is 23.0. The number of nitrogens with one attached hydrogen (secondary N) is 1. The number of carbonyl (C=O) groups excluding carboxylic acids is 2. The van der Waals surface area contributed by atoms with E-state index >= 15 is 0 Å². The molecule has 1 aromatic carbocycles. The Balaban J connectivity index is 2.92. The van der Waals surface area contributed by atoms with Crippen molar-refractivity contribution in [2.24, 2.45) is 5.73 Å². The maximum absolute atomic E-state index is 11.6. The highest BCUT2D eigenvalue weighted by atomic mass is 35.5. The van der Waals surface area contributed by atoms with E-state index in [1.165, 1.54) is 19.2 Å². The fourth-order valence-corrected chi connectivity index (χ4v) is 1.42.